The molecule has 0 aromatic carbocycles. The molecule has 0 spiro atoms. The minimum absolute atomic E-state index is 0.182. The minimum atomic E-state index is 0.182. The van der Waals surface area contributed by atoms with Crippen LogP contribution in [0.3, 0.4) is 0 Å². The largest absolute Gasteiger partial charge is 0.348 e. The smallest absolute Gasteiger partial charge is 0.115 e. The highest BCUT2D eigenvalue weighted by molar-refractivity contribution is 9.11. The zero-order valence-electron chi connectivity index (χ0n) is 7.40. The lowest BCUT2D eigenvalue weighted by molar-refractivity contribution is 0.778. The molecule has 0 aliphatic rings. The Hall–Kier alpha value is -0.650. The Labute approximate surface area is 94.5 Å². The number of imidazole rings is 1. The second kappa shape index (κ2) is 4.25. The Morgan fingerprint density at radius 2 is 2.43 bits per heavy atom. The normalized spacial score (nSPS) is 13.0. The predicted molar refractivity (Wildman–Crippen MR) is 61.5 cm³/mol. The van der Waals surface area contributed by atoms with Crippen molar-refractivity contribution in [1.29, 1.82) is 0 Å². The van der Waals surface area contributed by atoms with Gasteiger partial charge in [-0.25, -0.2) is 4.98 Å². The highest BCUT2D eigenvalue weighted by atomic mass is 79.9. The van der Waals surface area contributed by atoms with Crippen LogP contribution in [0.25, 0.3) is 0 Å². The zero-order valence-corrected chi connectivity index (χ0v) is 9.81. The molecule has 0 aliphatic carbocycles. The average molecular weight is 272 g/mol. The van der Waals surface area contributed by atoms with E-state index in [0.717, 1.165) is 9.61 Å². The van der Waals surface area contributed by atoms with Crippen LogP contribution in [0, 0.1) is 0 Å². The third kappa shape index (κ3) is 1.89. The molecule has 74 valence electrons. The number of thiophene rings is 1. The number of aromatic amines is 1. The Bertz CT molecular complexity index is 396. The van der Waals surface area contributed by atoms with E-state index < -0.39 is 0 Å². The summed E-state index contributed by atoms with van der Waals surface area (Å²) in [6.07, 6.45) is 3.57. The lowest BCUT2D eigenvalue weighted by atomic mass is 10.1. The molecule has 2 heterocycles. The van der Waals surface area contributed by atoms with Crippen LogP contribution in [0.5, 0.6) is 0 Å². The summed E-state index contributed by atoms with van der Waals surface area (Å²) in [5, 5.41) is 0. The van der Waals surface area contributed by atoms with Crippen molar-refractivity contribution in [3.63, 3.8) is 0 Å². The third-order valence-electron chi connectivity index (χ3n) is 2.02. The predicted octanol–water partition coefficient (Wildman–Crippen LogP) is 2.32. The third-order valence-corrected chi connectivity index (χ3v) is 3.76. The van der Waals surface area contributed by atoms with E-state index in [1.165, 1.54) is 4.88 Å². The SMILES string of the molecule is NCC(c1ncc[nH]1)c1ccc(Br)s1. The van der Waals surface area contributed by atoms with Crippen LogP contribution in [-0.4, -0.2) is 16.5 Å². The zero-order chi connectivity index (χ0) is 9.97. The van der Waals surface area contributed by atoms with E-state index in [0.29, 0.717) is 6.54 Å². The molecule has 14 heavy (non-hydrogen) atoms. The molecule has 3 N–H and O–H groups in total. The van der Waals surface area contributed by atoms with Crippen molar-refractivity contribution in [3.05, 3.63) is 39.0 Å². The van der Waals surface area contributed by atoms with Crippen LogP contribution >= 0.6 is 27.3 Å². The second-order valence-corrected chi connectivity index (χ2v) is 5.40. The Morgan fingerprint density at radius 3 is 2.93 bits per heavy atom. The van der Waals surface area contributed by atoms with Gasteiger partial charge in [0, 0.05) is 23.8 Å². The second-order valence-electron chi connectivity index (χ2n) is 2.90. The molecule has 1 unspecified atom stereocenters. The summed E-state index contributed by atoms with van der Waals surface area (Å²) in [6.45, 7) is 0.570. The fraction of sp³-hybridized carbons (Fsp3) is 0.222. The van der Waals surface area contributed by atoms with E-state index in [9.17, 15) is 0 Å². The van der Waals surface area contributed by atoms with Crippen molar-refractivity contribution in [2.45, 2.75) is 5.92 Å². The first-order valence-corrected chi connectivity index (χ1v) is 5.87. The molecule has 0 fully saturated rings. The topological polar surface area (TPSA) is 54.7 Å². The number of nitrogens with zero attached hydrogens (tertiary/aromatic N) is 1. The fourth-order valence-corrected chi connectivity index (χ4v) is 2.89. The number of hydrogen-bond donors (Lipinski definition) is 2. The summed E-state index contributed by atoms with van der Waals surface area (Å²) in [5.41, 5.74) is 5.74. The summed E-state index contributed by atoms with van der Waals surface area (Å²) in [6, 6.07) is 4.11. The summed E-state index contributed by atoms with van der Waals surface area (Å²) < 4.78 is 1.12. The quantitative estimate of drug-likeness (QED) is 0.901. The molecule has 0 aliphatic heterocycles. The Balaban J connectivity index is 2.31. The Kier molecular flexibility index (Phi) is 3.00. The lowest BCUT2D eigenvalue weighted by Gasteiger charge is -2.08. The molecular formula is C9H10BrN3S. The number of halogens is 1. The van der Waals surface area contributed by atoms with Crippen LogP contribution < -0.4 is 5.73 Å². The maximum Gasteiger partial charge on any atom is 0.115 e. The van der Waals surface area contributed by atoms with Gasteiger partial charge in [0.05, 0.1) is 9.70 Å². The van der Waals surface area contributed by atoms with Crippen LogP contribution in [0.2, 0.25) is 0 Å². The number of rotatable bonds is 3. The van der Waals surface area contributed by atoms with Crippen molar-refractivity contribution in [2.24, 2.45) is 5.73 Å². The fourth-order valence-electron chi connectivity index (χ4n) is 1.35. The van der Waals surface area contributed by atoms with Crippen molar-refractivity contribution in [3.8, 4) is 0 Å². The first-order valence-electron chi connectivity index (χ1n) is 4.26. The average Bonchev–Trinajstić information content (AvgIpc) is 2.79. The van der Waals surface area contributed by atoms with Gasteiger partial charge in [-0.3, -0.25) is 0 Å². The number of nitrogens with one attached hydrogen (secondary N) is 1. The molecular weight excluding hydrogens is 262 g/mol. The van der Waals surface area contributed by atoms with E-state index >= 15 is 0 Å². The van der Waals surface area contributed by atoms with Crippen LogP contribution in [0.4, 0.5) is 0 Å². The van der Waals surface area contributed by atoms with Crippen molar-refractivity contribution < 1.29 is 0 Å². The van der Waals surface area contributed by atoms with Gasteiger partial charge in [0.25, 0.3) is 0 Å². The molecule has 0 amide bonds. The molecule has 0 saturated heterocycles. The Morgan fingerprint density at radius 1 is 1.57 bits per heavy atom. The van der Waals surface area contributed by atoms with E-state index in [2.05, 4.69) is 32.0 Å². The number of H-pyrrole nitrogens is 1. The van der Waals surface area contributed by atoms with Crippen molar-refractivity contribution >= 4 is 27.3 Å². The van der Waals surface area contributed by atoms with Crippen LogP contribution in [-0.2, 0) is 0 Å². The monoisotopic (exact) mass is 271 g/mol. The van der Waals surface area contributed by atoms with Crippen LogP contribution in [0.1, 0.15) is 16.6 Å². The molecule has 1 atom stereocenters. The van der Waals surface area contributed by atoms with E-state index in [4.69, 9.17) is 5.73 Å². The molecule has 0 bridgehead atoms. The van der Waals surface area contributed by atoms with Gasteiger partial charge in [-0.15, -0.1) is 11.3 Å². The van der Waals surface area contributed by atoms with Gasteiger partial charge in [0.15, 0.2) is 0 Å². The van der Waals surface area contributed by atoms with Gasteiger partial charge < -0.3 is 10.7 Å². The summed E-state index contributed by atoms with van der Waals surface area (Å²) in [4.78, 5) is 8.56. The highest BCUT2D eigenvalue weighted by Crippen LogP contribution is 2.30. The van der Waals surface area contributed by atoms with Gasteiger partial charge in [-0.05, 0) is 28.1 Å². The standard InChI is InChI=1S/C9H10BrN3S/c10-8-2-1-7(14-8)6(5-11)9-12-3-4-13-9/h1-4,6H,5,11H2,(H,12,13). The van der Waals surface area contributed by atoms with E-state index in [1.807, 2.05) is 12.3 Å². The molecule has 0 saturated carbocycles. The molecule has 2 rings (SSSR count). The molecule has 2 aromatic rings. The van der Waals surface area contributed by atoms with Crippen molar-refractivity contribution in [1.82, 2.24) is 9.97 Å². The van der Waals surface area contributed by atoms with Gasteiger partial charge in [-0.1, -0.05) is 0 Å². The molecule has 3 nitrogen and oxygen atoms in total. The molecule has 2 aromatic heterocycles. The lowest BCUT2D eigenvalue weighted by Crippen LogP contribution is -2.13. The van der Waals surface area contributed by atoms with Gasteiger partial charge in [-0.2, -0.15) is 0 Å². The number of aromatic nitrogens is 2. The number of nitrogens with two attached hydrogens (primary N) is 1. The number of hydrogen-bond acceptors (Lipinski definition) is 3. The highest BCUT2D eigenvalue weighted by Gasteiger charge is 2.16. The summed E-state index contributed by atoms with van der Waals surface area (Å²) in [7, 11) is 0. The maximum atomic E-state index is 5.74. The minimum Gasteiger partial charge on any atom is -0.348 e. The van der Waals surface area contributed by atoms with Crippen LogP contribution in [0.15, 0.2) is 28.3 Å². The van der Waals surface area contributed by atoms with Gasteiger partial charge in [0.1, 0.15) is 5.82 Å². The first kappa shape index (κ1) is 9.89. The van der Waals surface area contributed by atoms with E-state index in [1.54, 1.807) is 17.5 Å². The first-order chi connectivity index (χ1) is 6.81. The van der Waals surface area contributed by atoms with Gasteiger partial charge >= 0.3 is 0 Å². The van der Waals surface area contributed by atoms with Gasteiger partial charge in [0.2, 0.25) is 0 Å². The maximum absolute atomic E-state index is 5.74. The molecule has 0 radical (unpaired) electrons. The van der Waals surface area contributed by atoms with Crippen molar-refractivity contribution in [2.75, 3.05) is 6.54 Å². The summed E-state index contributed by atoms with van der Waals surface area (Å²) >= 11 is 5.14. The van der Waals surface area contributed by atoms with E-state index in [-0.39, 0.29) is 5.92 Å². The summed E-state index contributed by atoms with van der Waals surface area (Å²) in [5.74, 6) is 1.11. The molecule has 5 heteroatoms.